The van der Waals surface area contributed by atoms with Crippen molar-refractivity contribution in [2.24, 2.45) is 28.8 Å². The van der Waals surface area contributed by atoms with E-state index < -0.39 is 23.3 Å². The summed E-state index contributed by atoms with van der Waals surface area (Å²) in [5.74, 6) is 0.323. The number of aliphatic hydroxyl groups is 3. The van der Waals surface area contributed by atoms with Gasteiger partial charge in [0, 0.05) is 43.6 Å². The maximum absolute atomic E-state index is 14.5. The molecule has 6 atom stereocenters. The number of rotatable bonds is 21. The molecule has 11 nitrogen and oxygen atoms in total. The van der Waals surface area contributed by atoms with Crippen LogP contribution < -0.4 is 9.47 Å². The van der Waals surface area contributed by atoms with E-state index in [9.17, 15) is 20.1 Å². The summed E-state index contributed by atoms with van der Waals surface area (Å²) < 4.78 is 26.8. The van der Waals surface area contributed by atoms with Gasteiger partial charge in [0.2, 0.25) is 11.7 Å². The number of amides is 1. The molecule has 3 aliphatic carbocycles. The molecule has 4 aliphatic rings. The Hall–Kier alpha value is -3.74. The molecule has 3 N–H and O–H groups in total. The molecule has 1 amide bonds. The maximum Gasteiger partial charge on any atom is 0.239 e. The van der Waals surface area contributed by atoms with Gasteiger partial charge in [0.25, 0.3) is 0 Å². The fourth-order valence-electron chi connectivity index (χ4n) is 9.13. The van der Waals surface area contributed by atoms with Gasteiger partial charge in [-0.05, 0) is 132 Å². The first-order valence-corrected chi connectivity index (χ1v) is 21.5. The van der Waals surface area contributed by atoms with E-state index in [1.807, 2.05) is 43.9 Å². The standard InChI is InChI=1S/C47H66N2O9/c1-7-24-55-47-42(49(20-25-54-26-23-52)45(53)33-15-16-33)30-40(48-58-46(4,5)6)38-28-34(12-8-10-21-50)37(13-9-11-22-51)43(44(38)47)39-29-36(18-19-41(39)57-47)56-35-17-14-31(2)32(3)27-35/h7,14,17-19,27-29,33-34,37,42-44,50-52H,1,8-13,15-16,20-26,30H2,2-6H3. The van der Waals surface area contributed by atoms with Gasteiger partial charge in [0.15, 0.2) is 0 Å². The maximum atomic E-state index is 14.5. The van der Waals surface area contributed by atoms with Crippen LogP contribution in [-0.4, -0.2) is 95.5 Å². The van der Waals surface area contributed by atoms with Crippen LogP contribution >= 0.6 is 0 Å². The number of benzene rings is 2. The molecular weight excluding hydrogens is 737 g/mol. The normalized spacial score (nSPS) is 25.6. The van der Waals surface area contributed by atoms with Crippen molar-refractivity contribution in [2.45, 2.75) is 116 Å². The largest absolute Gasteiger partial charge is 0.459 e. The van der Waals surface area contributed by atoms with Crippen molar-refractivity contribution < 1.29 is 43.9 Å². The topological polar surface area (TPSA) is 140 Å². The number of carbonyl (C=O) groups is 1. The van der Waals surface area contributed by atoms with E-state index in [4.69, 9.17) is 28.9 Å². The number of hydrogen-bond donors (Lipinski definition) is 3. The Morgan fingerprint density at radius 2 is 1.69 bits per heavy atom. The van der Waals surface area contributed by atoms with Gasteiger partial charge in [-0.2, -0.15) is 0 Å². The van der Waals surface area contributed by atoms with Crippen molar-refractivity contribution >= 4 is 11.6 Å². The number of nitrogens with zero attached hydrogens (tertiary/aromatic N) is 2. The lowest BCUT2D eigenvalue weighted by molar-refractivity contribution is -0.258. The molecule has 2 saturated carbocycles. The molecule has 0 spiro atoms. The third kappa shape index (κ3) is 9.99. The fourth-order valence-corrected chi connectivity index (χ4v) is 9.13. The third-order valence-electron chi connectivity index (χ3n) is 12.1. The van der Waals surface area contributed by atoms with Crippen LogP contribution in [0.3, 0.4) is 0 Å². The molecule has 0 bridgehead atoms. The number of hydrogen-bond acceptors (Lipinski definition) is 10. The molecule has 318 valence electrons. The highest BCUT2D eigenvalue weighted by molar-refractivity contribution is 6.03. The first-order chi connectivity index (χ1) is 27.9. The predicted octanol–water partition coefficient (Wildman–Crippen LogP) is 7.78. The predicted molar refractivity (Wildman–Crippen MR) is 224 cm³/mol. The van der Waals surface area contributed by atoms with Crippen LogP contribution in [0.4, 0.5) is 0 Å². The smallest absolute Gasteiger partial charge is 0.239 e. The number of carbonyl (C=O) groups excluding carboxylic acids is 1. The van der Waals surface area contributed by atoms with E-state index in [1.54, 1.807) is 6.08 Å². The van der Waals surface area contributed by atoms with Crippen LogP contribution in [0.15, 0.2) is 65.9 Å². The van der Waals surface area contributed by atoms with E-state index in [1.165, 1.54) is 5.56 Å². The zero-order valence-corrected chi connectivity index (χ0v) is 35.3. The molecule has 2 fully saturated rings. The fraction of sp³-hybridized carbons (Fsp3) is 0.617. The van der Waals surface area contributed by atoms with Crippen LogP contribution in [0.25, 0.3) is 0 Å². The van der Waals surface area contributed by atoms with Gasteiger partial charge < -0.3 is 44.0 Å². The number of aliphatic hydroxyl groups excluding tert-OH is 3. The van der Waals surface area contributed by atoms with Crippen LogP contribution in [0.5, 0.6) is 17.2 Å². The lowest BCUT2D eigenvalue weighted by Crippen LogP contribution is -2.70. The molecule has 11 heteroatoms. The Kier molecular flexibility index (Phi) is 14.8. The Balaban J connectivity index is 1.58. The van der Waals surface area contributed by atoms with Gasteiger partial charge in [-0.15, -0.1) is 6.58 Å². The molecule has 0 radical (unpaired) electrons. The van der Waals surface area contributed by atoms with Crippen LogP contribution in [0.2, 0.25) is 0 Å². The van der Waals surface area contributed by atoms with Crippen molar-refractivity contribution in [3.63, 3.8) is 0 Å². The van der Waals surface area contributed by atoms with E-state index in [0.717, 1.165) is 66.7 Å². The summed E-state index contributed by atoms with van der Waals surface area (Å²) in [6, 6.07) is 11.5. The average molecular weight is 803 g/mol. The lowest BCUT2D eigenvalue weighted by Gasteiger charge is -2.60. The Labute approximate surface area is 345 Å². The monoisotopic (exact) mass is 802 g/mol. The highest BCUT2D eigenvalue weighted by atomic mass is 16.7. The van der Waals surface area contributed by atoms with Crippen molar-refractivity contribution in [1.29, 1.82) is 0 Å². The molecule has 0 saturated heterocycles. The SMILES string of the molecule is C=CCOC12Oc3ccc(Oc4ccc(C)c(C)c4)cc3C3C(CCCCO)C(CCCCO)C=C(C(=NOC(C)(C)C)CC1N(CCOCCO)C(=O)C1CC1)C32. The zero-order chi connectivity index (χ0) is 41.5. The first-order valence-electron chi connectivity index (χ1n) is 21.5. The number of allylic oxidation sites excluding steroid dienone is 1. The molecule has 1 aliphatic heterocycles. The summed E-state index contributed by atoms with van der Waals surface area (Å²) in [6.45, 7) is 15.1. The molecule has 2 aromatic rings. The minimum absolute atomic E-state index is 0.0305. The molecular formula is C47H66N2O9. The summed E-state index contributed by atoms with van der Waals surface area (Å²) in [5.41, 5.74) is 4.51. The van der Waals surface area contributed by atoms with Crippen molar-refractivity contribution in [3.8, 4) is 17.2 Å². The first kappa shape index (κ1) is 43.8. The number of fused-ring (bicyclic) bond motifs is 2. The second-order valence-corrected chi connectivity index (χ2v) is 17.5. The summed E-state index contributed by atoms with van der Waals surface area (Å²) >= 11 is 0. The summed E-state index contributed by atoms with van der Waals surface area (Å²) in [5, 5.41) is 34.3. The average Bonchev–Trinajstić information content (AvgIpc) is 4.05. The molecule has 0 aromatic heterocycles. The number of unbranched alkanes of at least 4 members (excludes halogenated alkanes) is 2. The summed E-state index contributed by atoms with van der Waals surface area (Å²) in [7, 11) is 0. The molecule has 58 heavy (non-hydrogen) atoms. The molecule has 1 heterocycles. The minimum Gasteiger partial charge on any atom is -0.459 e. The third-order valence-corrected chi connectivity index (χ3v) is 12.1. The van der Waals surface area contributed by atoms with E-state index >= 15 is 0 Å². The highest BCUT2D eigenvalue weighted by Crippen LogP contribution is 2.62. The Bertz CT molecular complexity index is 1780. The van der Waals surface area contributed by atoms with Gasteiger partial charge in [-0.3, -0.25) is 4.79 Å². The zero-order valence-electron chi connectivity index (χ0n) is 35.3. The highest BCUT2D eigenvalue weighted by Gasteiger charge is 2.66. The number of ether oxygens (including phenoxy) is 4. The van der Waals surface area contributed by atoms with Crippen LogP contribution in [-0.2, 0) is 19.1 Å². The van der Waals surface area contributed by atoms with Crippen LogP contribution in [0.1, 0.15) is 101 Å². The molecule has 2 aromatic carbocycles. The quantitative estimate of drug-likeness (QED) is 0.0656. The van der Waals surface area contributed by atoms with Crippen molar-refractivity contribution in [2.75, 3.05) is 46.2 Å². The molecule has 6 unspecified atom stereocenters. The van der Waals surface area contributed by atoms with Gasteiger partial charge in [0.1, 0.15) is 28.9 Å². The Morgan fingerprint density at radius 3 is 2.36 bits per heavy atom. The van der Waals surface area contributed by atoms with Crippen molar-refractivity contribution in [1.82, 2.24) is 4.90 Å². The van der Waals surface area contributed by atoms with Gasteiger partial charge in [-0.25, -0.2) is 0 Å². The summed E-state index contributed by atoms with van der Waals surface area (Å²) in [4.78, 5) is 22.7. The number of aryl methyl sites for hydroxylation is 2. The van der Waals surface area contributed by atoms with E-state index in [2.05, 4.69) is 44.7 Å². The van der Waals surface area contributed by atoms with E-state index in [-0.39, 0.29) is 75.8 Å². The number of oxime groups is 1. The second kappa shape index (κ2) is 19.5. The Morgan fingerprint density at radius 1 is 0.966 bits per heavy atom. The van der Waals surface area contributed by atoms with Gasteiger partial charge in [-0.1, -0.05) is 36.2 Å². The van der Waals surface area contributed by atoms with Gasteiger partial charge in [0.05, 0.1) is 38.1 Å². The minimum atomic E-state index is -1.35. The van der Waals surface area contributed by atoms with Crippen LogP contribution in [0, 0.1) is 37.5 Å². The van der Waals surface area contributed by atoms with Crippen molar-refractivity contribution in [3.05, 3.63) is 77.4 Å². The second-order valence-electron chi connectivity index (χ2n) is 17.5. The molecule has 6 rings (SSSR count). The summed E-state index contributed by atoms with van der Waals surface area (Å²) in [6.07, 6.45) is 10.8. The van der Waals surface area contributed by atoms with E-state index in [0.29, 0.717) is 30.8 Å². The lowest BCUT2D eigenvalue weighted by atomic mass is 9.55. The van der Waals surface area contributed by atoms with Gasteiger partial charge >= 0.3 is 0 Å².